The minimum absolute atomic E-state index is 0.381. The molecule has 0 saturated heterocycles. The Morgan fingerprint density at radius 3 is 2.00 bits per heavy atom. The minimum atomic E-state index is -2.16. The minimum Gasteiger partial charge on any atom is -0.0932 e. The van der Waals surface area contributed by atoms with Crippen LogP contribution in [0.1, 0.15) is 28.2 Å². The van der Waals surface area contributed by atoms with E-state index in [9.17, 15) is 0 Å². The number of aryl methyl sites for hydroxylation is 1. The highest BCUT2D eigenvalue weighted by molar-refractivity contribution is 8.03. The van der Waals surface area contributed by atoms with Gasteiger partial charge < -0.3 is 0 Å². The van der Waals surface area contributed by atoms with E-state index >= 15 is 0 Å². The monoisotopic (exact) mass is 508 g/mol. The zero-order valence-corrected chi connectivity index (χ0v) is 22.9. The van der Waals surface area contributed by atoms with Crippen LogP contribution in [0.5, 0.6) is 0 Å². The number of allylic oxidation sites excluding steroid dienone is 1. The Hall–Kier alpha value is -3.59. The van der Waals surface area contributed by atoms with Crippen LogP contribution in [0.3, 0.4) is 0 Å². The van der Waals surface area contributed by atoms with Crippen molar-refractivity contribution in [1.29, 1.82) is 0 Å². The van der Waals surface area contributed by atoms with Gasteiger partial charge in [-0.25, -0.2) is 0 Å². The first kappa shape index (κ1) is 22.6. The molecule has 0 fully saturated rings. The van der Waals surface area contributed by atoms with Crippen LogP contribution in [0.15, 0.2) is 131 Å². The van der Waals surface area contributed by atoms with Gasteiger partial charge in [0.25, 0.3) is 0 Å². The number of rotatable bonds is 4. The highest BCUT2D eigenvalue weighted by Gasteiger charge is 2.36. The summed E-state index contributed by atoms with van der Waals surface area (Å²) in [6.07, 6.45) is 2.39. The SMILES string of the molecule is Cc1cc2c(cc1-c1cccc([Si](C)(c3ccccc3)c3ccccc3)c1)C1C(=Cc3ccccc31)S2. The summed E-state index contributed by atoms with van der Waals surface area (Å²) in [4.78, 5) is 2.88. The van der Waals surface area contributed by atoms with Crippen LogP contribution in [0.25, 0.3) is 17.2 Å². The molecule has 1 aliphatic carbocycles. The van der Waals surface area contributed by atoms with E-state index in [2.05, 4.69) is 141 Å². The second-order valence-electron chi connectivity index (χ2n) is 10.4. The third kappa shape index (κ3) is 3.59. The molecule has 5 aromatic carbocycles. The van der Waals surface area contributed by atoms with E-state index in [4.69, 9.17) is 0 Å². The molecule has 5 aromatic rings. The van der Waals surface area contributed by atoms with Crippen LogP contribution < -0.4 is 15.6 Å². The maximum atomic E-state index is 2.50. The van der Waals surface area contributed by atoms with Gasteiger partial charge in [0.2, 0.25) is 0 Å². The van der Waals surface area contributed by atoms with Gasteiger partial charge in [0.15, 0.2) is 0 Å². The van der Waals surface area contributed by atoms with Gasteiger partial charge in [0.1, 0.15) is 8.07 Å². The largest absolute Gasteiger partial charge is 0.145 e. The van der Waals surface area contributed by atoms with Crippen molar-refractivity contribution in [2.75, 3.05) is 0 Å². The molecule has 1 atom stereocenters. The maximum absolute atomic E-state index is 2.50. The van der Waals surface area contributed by atoms with E-state index in [0.717, 1.165) is 0 Å². The van der Waals surface area contributed by atoms with Crippen molar-refractivity contribution < 1.29 is 0 Å². The van der Waals surface area contributed by atoms with Crippen LogP contribution in [0, 0.1) is 6.92 Å². The van der Waals surface area contributed by atoms with E-state index in [1.54, 1.807) is 0 Å². The Kier molecular flexibility index (Phi) is 5.35. The summed E-state index contributed by atoms with van der Waals surface area (Å²) in [5.74, 6) is 0.381. The van der Waals surface area contributed by atoms with E-state index in [1.807, 2.05) is 11.8 Å². The van der Waals surface area contributed by atoms with E-state index < -0.39 is 8.07 Å². The normalized spacial score (nSPS) is 15.6. The number of hydrogen-bond donors (Lipinski definition) is 0. The van der Waals surface area contributed by atoms with Gasteiger partial charge in [0, 0.05) is 15.7 Å². The molecule has 0 radical (unpaired) electrons. The molecule has 0 spiro atoms. The summed E-state index contributed by atoms with van der Waals surface area (Å²) in [5, 5.41) is 4.33. The van der Waals surface area contributed by atoms with Gasteiger partial charge in [-0.2, -0.15) is 0 Å². The molecule has 0 aromatic heterocycles. The molecule has 0 saturated carbocycles. The summed E-state index contributed by atoms with van der Waals surface area (Å²) in [5.41, 5.74) is 8.29. The van der Waals surface area contributed by atoms with Crippen molar-refractivity contribution in [2.24, 2.45) is 0 Å². The van der Waals surface area contributed by atoms with Crippen LogP contribution in [-0.2, 0) is 0 Å². The van der Waals surface area contributed by atoms with E-state index in [-0.39, 0.29) is 0 Å². The van der Waals surface area contributed by atoms with Gasteiger partial charge in [-0.1, -0.05) is 128 Å². The lowest BCUT2D eigenvalue weighted by Gasteiger charge is -2.30. The van der Waals surface area contributed by atoms with Gasteiger partial charge in [-0.05, 0) is 74.1 Å². The zero-order chi connectivity index (χ0) is 25.0. The molecule has 0 amide bonds. The van der Waals surface area contributed by atoms with Crippen molar-refractivity contribution in [2.45, 2.75) is 24.3 Å². The number of fused-ring (bicyclic) bond motifs is 5. The Morgan fingerprint density at radius 1 is 0.622 bits per heavy atom. The zero-order valence-electron chi connectivity index (χ0n) is 21.1. The second kappa shape index (κ2) is 8.76. The Bertz CT molecular complexity index is 1630. The van der Waals surface area contributed by atoms with Crippen molar-refractivity contribution in [3.63, 3.8) is 0 Å². The molecule has 2 aliphatic rings. The summed E-state index contributed by atoms with van der Waals surface area (Å²) < 4.78 is 0. The number of benzene rings is 5. The molecule has 1 unspecified atom stereocenters. The van der Waals surface area contributed by atoms with Crippen molar-refractivity contribution in [3.8, 4) is 11.1 Å². The maximum Gasteiger partial charge on any atom is 0.145 e. The summed E-state index contributed by atoms with van der Waals surface area (Å²) in [6, 6.07) is 45.4. The summed E-state index contributed by atoms with van der Waals surface area (Å²) in [7, 11) is -2.16. The average Bonchev–Trinajstić information content (AvgIpc) is 3.48. The van der Waals surface area contributed by atoms with Crippen LogP contribution in [0.4, 0.5) is 0 Å². The number of thioether (sulfide) groups is 1. The Balaban J connectivity index is 1.37. The molecular weight excluding hydrogens is 481 g/mol. The molecule has 1 heterocycles. The molecule has 178 valence electrons. The van der Waals surface area contributed by atoms with Gasteiger partial charge in [-0.15, -0.1) is 0 Å². The lowest BCUT2D eigenvalue weighted by atomic mass is 9.89. The topological polar surface area (TPSA) is 0 Å². The van der Waals surface area contributed by atoms with Gasteiger partial charge in [0.05, 0.1) is 0 Å². The van der Waals surface area contributed by atoms with Gasteiger partial charge >= 0.3 is 0 Å². The van der Waals surface area contributed by atoms with Crippen molar-refractivity contribution in [3.05, 3.63) is 148 Å². The highest BCUT2D eigenvalue weighted by atomic mass is 32.2. The van der Waals surface area contributed by atoms with Crippen LogP contribution in [-0.4, -0.2) is 8.07 Å². The lowest BCUT2D eigenvalue weighted by molar-refractivity contribution is 1.02. The predicted molar refractivity (Wildman–Crippen MR) is 162 cm³/mol. The first-order valence-electron chi connectivity index (χ1n) is 13.0. The second-order valence-corrected chi connectivity index (χ2v) is 15.5. The van der Waals surface area contributed by atoms with Crippen molar-refractivity contribution >= 4 is 41.5 Å². The fourth-order valence-corrected chi connectivity index (χ4v) is 11.1. The highest BCUT2D eigenvalue weighted by Crippen LogP contribution is 2.57. The Labute approximate surface area is 224 Å². The molecule has 0 nitrogen and oxygen atoms in total. The van der Waals surface area contributed by atoms with Crippen molar-refractivity contribution in [1.82, 2.24) is 0 Å². The lowest BCUT2D eigenvalue weighted by Crippen LogP contribution is -2.64. The fourth-order valence-electron chi connectivity index (χ4n) is 6.20. The standard InChI is InChI=1S/C35H28SSi/c1-24-20-33-32(35-30-19-10-9-12-26(30)22-34(35)36-33)23-31(24)25-13-11-18-29(21-25)37(2,27-14-5-3-6-15-27)28-16-7-4-8-17-28/h3-23,35H,1-2H3. The first-order valence-corrected chi connectivity index (χ1v) is 16.3. The molecule has 0 N–H and O–H groups in total. The predicted octanol–water partition coefficient (Wildman–Crippen LogP) is 7.35. The molecule has 1 aliphatic heterocycles. The van der Waals surface area contributed by atoms with Gasteiger partial charge in [-0.3, -0.25) is 0 Å². The molecule has 7 rings (SSSR count). The van der Waals surface area contributed by atoms with Crippen LogP contribution in [0.2, 0.25) is 6.55 Å². The Morgan fingerprint density at radius 2 is 1.27 bits per heavy atom. The summed E-state index contributed by atoms with van der Waals surface area (Å²) >= 11 is 1.95. The first-order chi connectivity index (χ1) is 18.1. The smallest absolute Gasteiger partial charge is 0.0932 e. The quantitative estimate of drug-likeness (QED) is 0.181. The third-order valence-electron chi connectivity index (χ3n) is 8.24. The molecule has 37 heavy (non-hydrogen) atoms. The molecule has 2 heteroatoms. The summed E-state index contributed by atoms with van der Waals surface area (Å²) in [6.45, 7) is 4.76. The average molecular weight is 509 g/mol. The van der Waals surface area contributed by atoms with Crippen LogP contribution >= 0.6 is 11.8 Å². The van der Waals surface area contributed by atoms with E-state index in [0.29, 0.717) is 5.92 Å². The third-order valence-corrected chi connectivity index (χ3v) is 13.8. The molecule has 0 bridgehead atoms. The molecular formula is C35H28SSi. The van der Waals surface area contributed by atoms with E-state index in [1.165, 1.54) is 58.7 Å². The number of hydrogen-bond acceptors (Lipinski definition) is 1. The fraction of sp³-hybridized carbons (Fsp3) is 0.0857.